The summed E-state index contributed by atoms with van der Waals surface area (Å²) in [6, 6.07) is 4.17. The topological polar surface area (TPSA) is 43.9 Å². The van der Waals surface area contributed by atoms with Gasteiger partial charge in [-0.25, -0.2) is 0 Å². The molecule has 1 atom stereocenters. The van der Waals surface area contributed by atoms with Crippen molar-refractivity contribution in [2.45, 2.75) is 25.6 Å². The Labute approximate surface area is 158 Å². The quantitative estimate of drug-likeness (QED) is 0.759. The molecule has 138 valence electrons. The minimum atomic E-state index is 0.182. The fourth-order valence-electron chi connectivity index (χ4n) is 3.31. The highest BCUT2D eigenvalue weighted by Gasteiger charge is 2.33. The molecule has 7 heteroatoms. The number of thioether (sulfide) groups is 1. The van der Waals surface area contributed by atoms with Crippen LogP contribution in [0, 0.1) is 5.92 Å². The van der Waals surface area contributed by atoms with Crippen molar-refractivity contribution in [3.05, 3.63) is 22.4 Å². The summed E-state index contributed by atoms with van der Waals surface area (Å²) in [5.41, 5.74) is 0. The van der Waals surface area contributed by atoms with Gasteiger partial charge in [-0.2, -0.15) is 0 Å². The molecule has 2 fully saturated rings. The monoisotopic (exact) mass is 381 g/mol. The summed E-state index contributed by atoms with van der Waals surface area (Å²) in [5, 5.41) is 2.26. The number of thiophene rings is 1. The van der Waals surface area contributed by atoms with Gasteiger partial charge in [0.05, 0.1) is 5.75 Å². The molecule has 0 spiro atoms. The van der Waals surface area contributed by atoms with Crippen molar-refractivity contribution in [1.29, 1.82) is 0 Å². The predicted octanol–water partition coefficient (Wildman–Crippen LogP) is 2.51. The molecule has 2 aliphatic rings. The molecule has 0 radical (unpaired) electrons. The van der Waals surface area contributed by atoms with Crippen LogP contribution in [-0.2, 0) is 9.59 Å². The highest BCUT2D eigenvalue weighted by atomic mass is 32.2. The van der Waals surface area contributed by atoms with Gasteiger partial charge in [0.1, 0.15) is 5.37 Å². The molecular weight excluding hydrogens is 354 g/mol. The van der Waals surface area contributed by atoms with Crippen LogP contribution in [0.2, 0.25) is 0 Å². The molecule has 3 heterocycles. The maximum atomic E-state index is 12.2. The van der Waals surface area contributed by atoms with Gasteiger partial charge < -0.3 is 9.80 Å². The van der Waals surface area contributed by atoms with E-state index in [4.69, 9.17) is 0 Å². The zero-order chi connectivity index (χ0) is 17.8. The Morgan fingerprint density at radius 2 is 2.00 bits per heavy atom. The second-order valence-corrected chi connectivity index (χ2v) is 9.13. The van der Waals surface area contributed by atoms with Gasteiger partial charge in [0, 0.05) is 50.6 Å². The molecule has 0 aromatic carbocycles. The van der Waals surface area contributed by atoms with Crippen LogP contribution in [0.3, 0.4) is 0 Å². The number of carbonyl (C=O) groups is 2. The standard InChI is InChI=1S/C18H27N3O2S2/c1-14(2)12-16(22)20-8-5-19(6-9-20)7-10-21-17(23)13-25-18(21)15-4-3-11-24-15/h3-4,11,14,18H,5-10,12-13H2,1-2H3. The minimum absolute atomic E-state index is 0.182. The van der Waals surface area contributed by atoms with Gasteiger partial charge in [0.15, 0.2) is 0 Å². The van der Waals surface area contributed by atoms with E-state index in [2.05, 4.69) is 36.3 Å². The minimum Gasteiger partial charge on any atom is -0.340 e. The summed E-state index contributed by atoms with van der Waals surface area (Å²) in [7, 11) is 0. The maximum Gasteiger partial charge on any atom is 0.233 e. The fourth-order valence-corrected chi connectivity index (χ4v) is 5.51. The Kier molecular flexibility index (Phi) is 6.41. The van der Waals surface area contributed by atoms with E-state index in [1.54, 1.807) is 23.1 Å². The van der Waals surface area contributed by atoms with Gasteiger partial charge in [-0.15, -0.1) is 23.1 Å². The summed E-state index contributed by atoms with van der Waals surface area (Å²) in [6.45, 7) is 9.26. The molecule has 1 aromatic rings. The van der Waals surface area contributed by atoms with Gasteiger partial charge in [-0.1, -0.05) is 19.9 Å². The van der Waals surface area contributed by atoms with Crippen molar-refractivity contribution in [3.8, 4) is 0 Å². The van der Waals surface area contributed by atoms with Crippen molar-refractivity contribution in [1.82, 2.24) is 14.7 Å². The molecule has 25 heavy (non-hydrogen) atoms. The van der Waals surface area contributed by atoms with Gasteiger partial charge >= 0.3 is 0 Å². The molecule has 0 saturated carbocycles. The van der Waals surface area contributed by atoms with Crippen molar-refractivity contribution in [2.24, 2.45) is 5.92 Å². The fraction of sp³-hybridized carbons (Fsp3) is 0.667. The van der Waals surface area contributed by atoms with E-state index in [-0.39, 0.29) is 17.2 Å². The molecule has 2 amide bonds. The largest absolute Gasteiger partial charge is 0.340 e. The molecule has 3 rings (SSSR count). The SMILES string of the molecule is CC(C)CC(=O)N1CCN(CCN2C(=O)CSC2c2cccs2)CC1. The molecule has 2 saturated heterocycles. The van der Waals surface area contributed by atoms with E-state index < -0.39 is 0 Å². The van der Waals surface area contributed by atoms with Crippen LogP contribution in [-0.4, -0.2) is 71.5 Å². The molecule has 5 nitrogen and oxygen atoms in total. The summed E-state index contributed by atoms with van der Waals surface area (Å²) < 4.78 is 0. The summed E-state index contributed by atoms with van der Waals surface area (Å²) in [5.74, 6) is 1.52. The summed E-state index contributed by atoms with van der Waals surface area (Å²) in [6.07, 6.45) is 0.641. The van der Waals surface area contributed by atoms with Gasteiger partial charge in [-0.05, 0) is 17.4 Å². The Morgan fingerprint density at radius 1 is 1.24 bits per heavy atom. The van der Waals surface area contributed by atoms with Crippen molar-refractivity contribution in [3.63, 3.8) is 0 Å². The maximum absolute atomic E-state index is 12.2. The number of hydrogen-bond acceptors (Lipinski definition) is 5. The Morgan fingerprint density at radius 3 is 2.64 bits per heavy atom. The average Bonchev–Trinajstić information content (AvgIpc) is 3.22. The van der Waals surface area contributed by atoms with Crippen LogP contribution in [0.1, 0.15) is 30.5 Å². The van der Waals surface area contributed by atoms with E-state index in [1.807, 2.05) is 9.80 Å². The molecule has 2 aliphatic heterocycles. The number of amides is 2. The lowest BCUT2D eigenvalue weighted by molar-refractivity contribution is -0.133. The lowest BCUT2D eigenvalue weighted by Crippen LogP contribution is -2.50. The number of rotatable bonds is 6. The smallest absolute Gasteiger partial charge is 0.233 e. The number of carbonyl (C=O) groups excluding carboxylic acids is 2. The third kappa shape index (κ3) is 4.77. The number of piperazine rings is 1. The van der Waals surface area contributed by atoms with E-state index in [0.29, 0.717) is 18.1 Å². The predicted molar refractivity (Wildman–Crippen MR) is 104 cm³/mol. The summed E-state index contributed by atoms with van der Waals surface area (Å²) >= 11 is 3.45. The third-order valence-corrected chi connectivity index (χ3v) is 7.03. The van der Waals surface area contributed by atoms with Crippen LogP contribution in [0.4, 0.5) is 0 Å². The van der Waals surface area contributed by atoms with E-state index in [0.717, 1.165) is 39.3 Å². The molecule has 0 aliphatic carbocycles. The molecular formula is C18H27N3O2S2. The van der Waals surface area contributed by atoms with Crippen LogP contribution in [0.15, 0.2) is 17.5 Å². The molecule has 1 unspecified atom stereocenters. The van der Waals surface area contributed by atoms with Gasteiger partial charge in [-0.3, -0.25) is 14.5 Å². The lowest BCUT2D eigenvalue weighted by atomic mass is 10.1. The number of hydrogen-bond donors (Lipinski definition) is 0. The van der Waals surface area contributed by atoms with Crippen LogP contribution in [0.5, 0.6) is 0 Å². The Balaban J connectivity index is 1.46. The molecule has 0 bridgehead atoms. The van der Waals surface area contributed by atoms with E-state index in [9.17, 15) is 9.59 Å². The second kappa shape index (κ2) is 8.56. The zero-order valence-corrected chi connectivity index (χ0v) is 16.7. The Bertz CT molecular complexity index is 583. The van der Waals surface area contributed by atoms with E-state index >= 15 is 0 Å². The van der Waals surface area contributed by atoms with Crippen molar-refractivity contribution in [2.75, 3.05) is 45.0 Å². The van der Waals surface area contributed by atoms with Crippen molar-refractivity contribution < 1.29 is 9.59 Å². The first kappa shape index (κ1) is 18.7. The second-order valence-electron chi connectivity index (χ2n) is 7.09. The first-order valence-electron chi connectivity index (χ1n) is 8.99. The van der Waals surface area contributed by atoms with Gasteiger partial charge in [0.25, 0.3) is 0 Å². The van der Waals surface area contributed by atoms with Crippen LogP contribution < -0.4 is 0 Å². The lowest BCUT2D eigenvalue weighted by Gasteiger charge is -2.36. The van der Waals surface area contributed by atoms with E-state index in [1.165, 1.54) is 4.88 Å². The van der Waals surface area contributed by atoms with Gasteiger partial charge in [0.2, 0.25) is 11.8 Å². The molecule has 1 aromatic heterocycles. The Hall–Kier alpha value is -1.05. The van der Waals surface area contributed by atoms with Crippen molar-refractivity contribution >= 4 is 34.9 Å². The highest BCUT2D eigenvalue weighted by Crippen LogP contribution is 2.40. The first-order valence-corrected chi connectivity index (χ1v) is 10.9. The summed E-state index contributed by atoms with van der Waals surface area (Å²) in [4.78, 5) is 32.0. The first-order chi connectivity index (χ1) is 12.0. The zero-order valence-electron chi connectivity index (χ0n) is 15.0. The van der Waals surface area contributed by atoms with Crippen LogP contribution >= 0.6 is 23.1 Å². The average molecular weight is 382 g/mol. The number of nitrogens with zero attached hydrogens (tertiary/aromatic N) is 3. The third-order valence-electron chi connectivity index (χ3n) is 4.72. The molecule has 0 N–H and O–H groups in total. The normalized spacial score (nSPS) is 22.2. The highest BCUT2D eigenvalue weighted by molar-refractivity contribution is 8.00. The van der Waals surface area contributed by atoms with Crippen LogP contribution in [0.25, 0.3) is 0 Å².